The fourth-order valence-corrected chi connectivity index (χ4v) is 5.18. The third kappa shape index (κ3) is 6.32. The minimum atomic E-state index is -0.103. The number of hydrogen-bond donors (Lipinski definition) is 1. The molecule has 2 aromatic rings. The third-order valence-electron chi connectivity index (χ3n) is 7.18. The number of carbonyl (C=O) groups is 3. The van der Waals surface area contributed by atoms with Gasteiger partial charge in [-0.1, -0.05) is 43.5 Å². The molecule has 0 aromatic heterocycles. The van der Waals surface area contributed by atoms with Gasteiger partial charge in [-0.3, -0.25) is 14.4 Å². The summed E-state index contributed by atoms with van der Waals surface area (Å²) in [6.07, 6.45) is 6.48. The number of fused-ring (bicyclic) bond motifs is 1. The molecule has 0 radical (unpaired) electrons. The Balaban J connectivity index is 1.62. The lowest BCUT2D eigenvalue weighted by molar-refractivity contribution is -0.128. The smallest absolute Gasteiger partial charge is 0.254 e. The van der Waals surface area contributed by atoms with E-state index in [1.54, 1.807) is 11.8 Å². The predicted octanol–water partition coefficient (Wildman–Crippen LogP) is 4.26. The normalized spacial score (nSPS) is 17.4. The maximum atomic E-state index is 13.7. The minimum absolute atomic E-state index is 0.0366. The van der Waals surface area contributed by atoms with E-state index in [0.29, 0.717) is 38.2 Å². The Kier molecular flexibility index (Phi) is 8.75. The molecule has 0 spiro atoms. The van der Waals surface area contributed by atoms with Gasteiger partial charge in [0.15, 0.2) is 0 Å². The van der Waals surface area contributed by atoms with Crippen molar-refractivity contribution in [1.82, 2.24) is 9.80 Å². The highest BCUT2D eigenvalue weighted by molar-refractivity contribution is 5.95. The van der Waals surface area contributed by atoms with Crippen molar-refractivity contribution in [3.05, 3.63) is 64.7 Å². The third-order valence-corrected chi connectivity index (χ3v) is 7.18. The van der Waals surface area contributed by atoms with Crippen LogP contribution in [0.4, 0.5) is 5.69 Å². The summed E-state index contributed by atoms with van der Waals surface area (Å²) < 4.78 is 0. The van der Waals surface area contributed by atoms with E-state index in [1.807, 2.05) is 52.3 Å². The second-order valence-corrected chi connectivity index (χ2v) is 9.91. The quantitative estimate of drug-likeness (QED) is 0.693. The van der Waals surface area contributed by atoms with Crippen LogP contribution in [0.3, 0.4) is 0 Å². The van der Waals surface area contributed by atoms with Crippen LogP contribution in [0.2, 0.25) is 0 Å². The van der Waals surface area contributed by atoms with E-state index >= 15 is 0 Å². The summed E-state index contributed by atoms with van der Waals surface area (Å²) in [5.74, 6) is 0.0855. The van der Waals surface area contributed by atoms with Gasteiger partial charge in [-0.25, -0.2) is 0 Å². The maximum absolute atomic E-state index is 13.7. The molecule has 1 saturated heterocycles. The van der Waals surface area contributed by atoms with Crippen LogP contribution >= 0.6 is 0 Å². The number of rotatable bonds is 4. The first-order chi connectivity index (χ1) is 17.5. The van der Waals surface area contributed by atoms with Crippen LogP contribution in [0.15, 0.2) is 42.5 Å². The van der Waals surface area contributed by atoms with Crippen LogP contribution in [-0.4, -0.2) is 52.3 Å². The van der Waals surface area contributed by atoms with Crippen molar-refractivity contribution in [2.75, 3.05) is 24.5 Å². The molecule has 36 heavy (non-hydrogen) atoms. The van der Waals surface area contributed by atoms with Crippen LogP contribution in [0.25, 0.3) is 0 Å². The number of benzene rings is 2. The lowest BCUT2D eigenvalue weighted by Gasteiger charge is -2.29. The molecule has 0 bridgehead atoms. The predicted molar refractivity (Wildman–Crippen MR) is 139 cm³/mol. The summed E-state index contributed by atoms with van der Waals surface area (Å²) in [7, 11) is 0. The van der Waals surface area contributed by atoms with Crippen molar-refractivity contribution >= 4 is 23.4 Å². The molecule has 7 nitrogen and oxygen atoms in total. The zero-order chi connectivity index (χ0) is 25.5. The summed E-state index contributed by atoms with van der Waals surface area (Å²) in [5.41, 5.74) is 3.99. The van der Waals surface area contributed by atoms with Crippen molar-refractivity contribution in [3.63, 3.8) is 0 Å². The molecule has 3 amide bonds. The molecular weight excluding hydrogens is 454 g/mol. The van der Waals surface area contributed by atoms with Gasteiger partial charge in [-0.15, -0.1) is 0 Å². The monoisotopic (exact) mass is 491 g/mol. The van der Waals surface area contributed by atoms with Gasteiger partial charge < -0.3 is 19.8 Å². The number of amides is 3. The van der Waals surface area contributed by atoms with Crippen molar-refractivity contribution in [3.8, 4) is 0 Å². The lowest BCUT2D eigenvalue weighted by Crippen LogP contribution is -2.35. The zero-order valence-corrected chi connectivity index (χ0v) is 21.2. The molecule has 4 rings (SSSR count). The molecule has 0 aliphatic carbocycles. The molecule has 0 saturated carbocycles. The molecule has 192 valence electrons. The summed E-state index contributed by atoms with van der Waals surface area (Å²) in [6, 6.07) is 13.3. The van der Waals surface area contributed by atoms with Crippen LogP contribution < -0.4 is 4.90 Å². The molecule has 7 heteroatoms. The highest BCUT2D eigenvalue weighted by Crippen LogP contribution is 2.27. The first-order valence-electron chi connectivity index (χ1n) is 13.1. The van der Waals surface area contributed by atoms with Crippen LogP contribution in [-0.2, 0) is 29.3 Å². The van der Waals surface area contributed by atoms with Crippen LogP contribution in [0, 0.1) is 0 Å². The molecule has 2 heterocycles. The van der Waals surface area contributed by atoms with E-state index in [2.05, 4.69) is 0 Å². The summed E-state index contributed by atoms with van der Waals surface area (Å²) in [4.78, 5) is 43.9. The fraction of sp³-hybridized carbons (Fsp3) is 0.483. The van der Waals surface area contributed by atoms with E-state index in [4.69, 9.17) is 0 Å². The average molecular weight is 492 g/mol. The van der Waals surface area contributed by atoms with Gasteiger partial charge in [0.05, 0.1) is 6.61 Å². The topological polar surface area (TPSA) is 81.2 Å². The number of hydrogen-bond acceptors (Lipinski definition) is 4. The maximum Gasteiger partial charge on any atom is 0.254 e. The number of carbonyl (C=O) groups excluding carboxylic acids is 3. The lowest BCUT2D eigenvalue weighted by atomic mass is 10.0. The molecule has 1 fully saturated rings. The molecule has 0 unspecified atom stereocenters. The highest BCUT2D eigenvalue weighted by atomic mass is 16.3. The van der Waals surface area contributed by atoms with E-state index < -0.39 is 0 Å². The van der Waals surface area contributed by atoms with Crippen molar-refractivity contribution in [2.45, 2.75) is 71.6 Å². The Labute approximate surface area is 213 Å². The van der Waals surface area contributed by atoms with E-state index in [9.17, 15) is 19.5 Å². The SMILES string of the molecule is CC(=O)N1CCCCCCCN(C(=O)c2cccc(CN3CCCC3=O)c2)Cc2ccc(CO)cc21. The minimum Gasteiger partial charge on any atom is -0.392 e. The van der Waals surface area contributed by atoms with Crippen molar-refractivity contribution < 1.29 is 19.5 Å². The number of aliphatic hydroxyl groups is 1. The van der Waals surface area contributed by atoms with Gasteiger partial charge in [-0.05, 0) is 54.2 Å². The van der Waals surface area contributed by atoms with Gasteiger partial charge >= 0.3 is 0 Å². The molecular formula is C29H37N3O4. The van der Waals surface area contributed by atoms with Gasteiger partial charge in [0.2, 0.25) is 11.8 Å². The summed E-state index contributed by atoms with van der Waals surface area (Å²) >= 11 is 0. The van der Waals surface area contributed by atoms with E-state index in [0.717, 1.165) is 67.4 Å². The van der Waals surface area contributed by atoms with E-state index in [1.165, 1.54) is 0 Å². The number of nitrogens with zero attached hydrogens (tertiary/aromatic N) is 3. The Morgan fingerprint density at radius 2 is 1.67 bits per heavy atom. The van der Waals surface area contributed by atoms with Crippen molar-refractivity contribution in [1.29, 1.82) is 0 Å². The first kappa shape index (κ1) is 25.9. The standard InChI is InChI=1S/C29H37N3O4/c1-22(34)32-16-6-4-2-3-5-14-31(20-26-13-12-24(21-33)18-27(26)32)29(36)25-10-7-9-23(17-25)19-30-15-8-11-28(30)35/h7,9-10,12-13,17-18,33H,2-6,8,11,14-16,19-21H2,1H3. The molecule has 2 aliphatic heterocycles. The largest absolute Gasteiger partial charge is 0.392 e. The molecule has 2 aromatic carbocycles. The zero-order valence-electron chi connectivity index (χ0n) is 21.2. The van der Waals surface area contributed by atoms with Crippen molar-refractivity contribution in [2.24, 2.45) is 0 Å². The average Bonchev–Trinajstić information content (AvgIpc) is 3.27. The first-order valence-corrected chi connectivity index (χ1v) is 13.1. The fourth-order valence-electron chi connectivity index (χ4n) is 5.18. The Morgan fingerprint density at radius 3 is 2.39 bits per heavy atom. The number of anilines is 1. The van der Waals surface area contributed by atoms with Gasteiger partial charge in [-0.2, -0.15) is 0 Å². The Hall–Kier alpha value is -3.19. The van der Waals surface area contributed by atoms with Gasteiger partial charge in [0.25, 0.3) is 5.91 Å². The Morgan fingerprint density at radius 1 is 0.889 bits per heavy atom. The van der Waals surface area contributed by atoms with Gasteiger partial charge in [0, 0.05) is 57.3 Å². The van der Waals surface area contributed by atoms with E-state index in [-0.39, 0.29) is 24.3 Å². The highest BCUT2D eigenvalue weighted by Gasteiger charge is 2.23. The summed E-state index contributed by atoms with van der Waals surface area (Å²) in [6.45, 7) is 4.41. The second-order valence-electron chi connectivity index (χ2n) is 9.91. The number of likely N-dealkylation sites (tertiary alicyclic amines) is 1. The molecule has 0 atom stereocenters. The number of aliphatic hydroxyl groups excluding tert-OH is 1. The molecule has 1 N–H and O–H groups in total. The van der Waals surface area contributed by atoms with Crippen LogP contribution in [0.5, 0.6) is 0 Å². The summed E-state index contributed by atoms with van der Waals surface area (Å²) in [5, 5.41) is 9.71. The van der Waals surface area contributed by atoms with Crippen LogP contribution in [0.1, 0.15) is 78.9 Å². The molecule has 2 aliphatic rings. The van der Waals surface area contributed by atoms with Gasteiger partial charge in [0.1, 0.15) is 0 Å². The second kappa shape index (κ2) is 12.2. The Bertz CT molecular complexity index is 1100.